The van der Waals surface area contributed by atoms with Crippen molar-refractivity contribution in [1.29, 1.82) is 0 Å². The number of carboxylic acid groups (broad SMARTS) is 1. The van der Waals surface area contributed by atoms with Crippen LogP contribution in [0.4, 0.5) is 13.2 Å². The van der Waals surface area contributed by atoms with Gasteiger partial charge >= 0.3 is 12.3 Å². The predicted molar refractivity (Wildman–Crippen MR) is 47.6 cm³/mol. The smallest absolute Gasteiger partial charge is 0.478 e. The normalized spacial score (nSPS) is 11.7. The summed E-state index contributed by atoms with van der Waals surface area (Å²) in [5.74, 6) is -1.63. The van der Waals surface area contributed by atoms with Crippen LogP contribution in [-0.4, -0.2) is 22.4 Å². The van der Waals surface area contributed by atoms with E-state index in [2.05, 4.69) is 9.72 Å². The third kappa shape index (κ3) is 4.45. The van der Waals surface area contributed by atoms with Crippen LogP contribution in [0.15, 0.2) is 24.4 Å². The molecule has 0 spiro atoms. The van der Waals surface area contributed by atoms with E-state index in [1.54, 1.807) is 0 Å². The van der Waals surface area contributed by atoms with Crippen LogP contribution >= 0.6 is 0 Å². The van der Waals surface area contributed by atoms with E-state index in [1.165, 1.54) is 6.07 Å². The molecular formula is C9H6F3NO3. The largest absolute Gasteiger partial charge is 0.573 e. The van der Waals surface area contributed by atoms with Gasteiger partial charge in [-0.05, 0) is 18.2 Å². The zero-order valence-electron chi connectivity index (χ0n) is 7.73. The molecule has 0 bridgehead atoms. The summed E-state index contributed by atoms with van der Waals surface area (Å²) in [5.41, 5.74) is 0.219. The first kappa shape index (κ1) is 12.0. The Morgan fingerprint density at radius 2 is 2.12 bits per heavy atom. The van der Waals surface area contributed by atoms with Crippen LogP contribution in [0, 0.1) is 0 Å². The van der Waals surface area contributed by atoms with Crippen molar-refractivity contribution < 1.29 is 27.8 Å². The highest BCUT2D eigenvalue weighted by Gasteiger charge is 2.31. The summed E-state index contributed by atoms with van der Waals surface area (Å²) < 4.78 is 38.8. The lowest BCUT2D eigenvalue weighted by Crippen LogP contribution is -2.17. The van der Waals surface area contributed by atoms with Gasteiger partial charge in [0.25, 0.3) is 0 Å². The maximum Gasteiger partial charge on any atom is 0.573 e. The molecule has 0 unspecified atom stereocenters. The molecule has 0 saturated heterocycles. The Kier molecular flexibility index (Phi) is 3.49. The molecule has 86 valence electrons. The molecule has 0 aliphatic carbocycles. The summed E-state index contributed by atoms with van der Waals surface area (Å²) in [7, 11) is 0. The van der Waals surface area contributed by atoms with E-state index in [0.717, 1.165) is 24.4 Å². The van der Waals surface area contributed by atoms with Gasteiger partial charge in [0.1, 0.15) is 5.75 Å². The highest BCUT2D eigenvalue weighted by Crippen LogP contribution is 2.21. The second-order valence-corrected chi connectivity index (χ2v) is 2.64. The second kappa shape index (κ2) is 4.65. The number of pyridine rings is 1. The second-order valence-electron chi connectivity index (χ2n) is 2.64. The number of hydrogen-bond acceptors (Lipinski definition) is 3. The maximum atomic E-state index is 11.8. The van der Waals surface area contributed by atoms with Crippen molar-refractivity contribution in [3.8, 4) is 5.75 Å². The average molecular weight is 233 g/mol. The summed E-state index contributed by atoms with van der Waals surface area (Å²) in [6.45, 7) is 0. The van der Waals surface area contributed by atoms with Gasteiger partial charge in [0.15, 0.2) is 0 Å². The average Bonchev–Trinajstić information content (AvgIpc) is 2.14. The Balaban J connectivity index is 2.72. The molecule has 4 nitrogen and oxygen atoms in total. The Hall–Kier alpha value is -2.05. The van der Waals surface area contributed by atoms with E-state index < -0.39 is 18.1 Å². The molecule has 1 rings (SSSR count). The van der Waals surface area contributed by atoms with Crippen LogP contribution in [-0.2, 0) is 4.79 Å². The van der Waals surface area contributed by atoms with Crippen LogP contribution in [0.3, 0.4) is 0 Å². The number of ether oxygens (including phenoxy) is 1. The van der Waals surface area contributed by atoms with Gasteiger partial charge in [0, 0.05) is 6.08 Å². The fourth-order valence-corrected chi connectivity index (χ4v) is 0.841. The van der Waals surface area contributed by atoms with E-state index in [9.17, 15) is 18.0 Å². The van der Waals surface area contributed by atoms with Crippen LogP contribution < -0.4 is 4.74 Å². The van der Waals surface area contributed by atoms with Crippen molar-refractivity contribution in [3.05, 3.63) is 30.1 Å². The Labute approximate surface area is 88.0 Å². The van der Waals surface area contributed by atoms with Crippen molar-refractivity contribution in [2.24, 2.45) is 0 Å². The van der Waals surface area contributed by atoms with E-state index in [1.807, 2.05) is 0 Å². The van der Waals surface area contributed by atoms with Crippen LogP contribution in [0.2, 0.25) is 0 Å². The Bertz CT molecular complexity index is 397. The van der Waals surface area contributed by atoms with E-state index >= 15 is 0 Å². The van der Waals surface area contributed by atoms with Crippen LogP contribution in [0.25, 0.3) is 6.08 Å². The van der Waals surface area contributed by atoms with Gasteiger partial charge in [-0.15, -0.1) is 13.2 Å². The fraction of sp³-hybridized carbons (Fsp3) is 0.111. The number of carboxylic acids is 1. The van der Waals surface area contributed by atoms with Crippen LogP contribution in [0.1, 0.15) is 5.69 Å². The molecule has 0 amide bonds. The molecule has 7 heteroatoms. The van der Waals surface area contributed by atoms with Gasteiger partial charge in [-0.25, -0.2) is 4.79 Å². The minimum Gasteiger partial charge on any atom is -0.478 e. The molecule has 0 aliphatic heterocycles. The molecule has 1 aromatic rings. The lowest BCUT2D eigenvalue weighted by atomic mass is 10.3. The topological polar surface area (TPSA) is 59.4 Å². The molecule has 0 aromatic carbocycles. The molecular weight excluding hydrogens is 227 g/mol. The zero-order valence-corrected chi connectivity index (χ0v) is 7.73. The predicted octanol–water partition coefficient (Wildman–Crippen LogP) is 2.08. The highest BCUT2D eigenvalue weighted by atomic mass is 19.4. The van der Waals surface area contributed by atoms with Gasteiger partial charge in [-0.1, -0.05) is 0 Å². The van der Waals surface area contributed by atoms with E-state index in [-0.39, 0.29) is 5.69 Å². The van der Waals surface area contributed by atoms with E-state index in [0.29, 0.717) is 0 Å². The lowest BCUT2D eigenvalue weighted by molar-refractivity contribution is -0.274. The molecule has 0 saturated carbocycles. The van der Waals surface area contributed by atoms with Crippen molar-refractivity contribution in [1.82, 2.24) is 4.98 Å². The Morgan fingerprint density at radius 1 is 1.44 bits per heavy atom. The molecule has 1 N–H and O–H groups in total. The number of aliphatic carboxylic acids is 1. The number of hydrogen-bond donors (Lipinski definition) is 1. The SMILES string of the molecule is O=C(O)C=Cc1ccc(OC(F)(F)F)cn1. The highest BCUT2D eigenvalue weighted by molar-refractivity contribution is 5.84. The molecule has 1 heterocycles. The van der Waals surface area contributed by atoms with Gasteiger partial charge in [0.2, 0.25) is 0 Å². The maximum absolute atomic E-state index is 11.8. The quantitative estimate of drug-likeness (QED) is 0.812. The summed E-state index contributed by atoms with van der Waals surface area (Å²) in [4.78, 5) is 13.7. The summed E-state index contributed by atoms with van der Waals surface area (Å²) >= 11 is 0. The minimum atomic E-state index is -4.76. The minimum absolute atomic E-state index is 0.219. The monoisotopic (exact) mass is 233 g/mol. The number of aromatic nitrogens is 1. The summed E-state index contributed by atoms with van der Waals surface area (Å²) in [6.07, 6.45) is -1.93. The Morgan fingerprint density at radius 3 is 2.56 bits per heavy atom. The standard InChI is InChI=1S/C9H6F3NO3/c10-9(11,12)16-7-3-1-6(13-5-7)2-4-8(14)15/h1-5H,(H,14,15). The number of halogens is 3. The number of nitrogens with zero attached hydrogens (tertiary/aromatic N) is 1. The number of rotatable bonds is 3. The first-order valence-corrected chi connectivity index (χ1v) is 3.99. The molecule has 1 aromatic heterocycles. The van der Waals surface area contributed by atoms with Crippen LogP contribution in [0.5, 0.6) is 5.75 Å². The lowest BCUT2D eigenvalue weighted by Gasteiger charge is -2.07. The van der Waals surface area contributed by atoms with Gasteiger partial charge in [0.05, 0.1) is 11.9 Å². The molecule has 0 fully saturated rings. The summed E-state index contributed by atoms with van der Waals surface area (Å²) in [5, 5.41) is 8.29. The first-order chi connectivity index (χ1) is 7.37. The van der Waals surface area contributed by atoms with Crippen molar-refractivity contribution in [3.63, 3.8) is 0 Å². The van der Waals surface area contributed by atoms with Gasteiger partial charge < -0.3 is 9.84 Å². The van der Waals surface area contributed by atoms with Gasteiger partial charge in [-0.3, -0.25) is 4.98 Å². The molecule has 16 heavy (non-hydrogen) atoms. The third-order valence-corrected chi connectivity index (χ3v) is 1.39. The number of carbonyl (C=O) groups is 1. The van der Waals surface area contributed by atoms with Gasteiger partial charge in [-0.2, -0.15) is 0 Å². The third-order valence-electron chi connectivity index (χ3n) is 1.39. The zero-order chi connectivity index (χ0) is 12.2. The summed E-state index contributed by atoms with van der Waals surface area (Å²) in [6, 6.07) is 2.25. The van der Waals surface area contributed by atoms with Crippen molar-refractivity contribution >= 4 is 12.0 Å². The first-order valence-electron chi connectivity index (χ1n) is 3.99. The number of alkyl halides is 3. The van der Waals surface area contributed by atoms with Crippen molar-refractivity contribution in [2.75, 3.05) is 0 Å². The molecule has 0 radical (unpaired) electrons. The molecule has 0 atom stereocenters. The fourth-order valence-electron chi connectivity index (χ4n) is 0.841. The molecule has 0 aliphatic rings. The van der Waals surface area contributed by atoms with E-state index in [4.69, 9.17) is 5.11 Å². The van der Waals surface area contributed by atoms with Crippen molar-refractivity contribution in [2.45, 2.75) is 6.36 Å².